The normalized spacial score (nSPS) is 29.5. The first-order valence-electron chi connectivity index (χ1n) is 7.25. The van der Waals surface area contributed by atoms with Gasteiger partial charge in [-0.2, -0.15) is 4.31 Å². The van der Waals surface area contributed by atoms with E-state index in [2.05, 4.69) is 5.32 Å². The summed E-state index contributed by atoms with van der Waals surface area (Å²) < 4.78 is 27.3. The van der Waals surface area contributed by atoms with Gasteiger partial charge in [0.1, 0.15) is 0 Å². The average molecular weight is 308 g/mol. The number of nitrogens with zero attached hydrogens (tertiary/aromatic N) is 1. The van der Waals surface area contributed by atoms with Crippen molar-refractivity contribution in [2.75, 3.05) is 19.6 Å². The van der Waals surface area contributed by atoms with Crippen LogP contribution in [-0.2, 0) is 10.0 Å². The molecule has 3 rings (SSSR count). The van der Waals surface area contributed by atoms with Crippen molar-refractivity contribution in [1.82, 2.24) is 9.62 Å². The van der Waals surface area contributed by atoms with E-state index in [0.717, 1.165) is 13.1 Å². The molecule has 3 unspecified atom stereocenters. The number of carbonyl (C=O) groups is 1. The second-order valence-corrected chi connectivity index (χ2v) is 7.87. The molecule has 6 heteroatoms. The Morgan fingerprint density at radius 1 is 1.33 bits per heavy atom. The number of benzene rings is 1. The van der Waals surface area contributed by atoms with Crippen LogP contribution in [0.3, 0.4) is 0 Å². The zero-order chi connectivity index (χ0) is 15.2. The molecule has 2 aliphatic rings. The molecule has 0 amide bonds. The monoisotopic (exact) mass is 308 g/mol. The maximum absolute atomic E-state index is 12.8. The first-order valence-corrected chi connectivity index (χ1v) is 8.69. The van der Waals surface area contributed by atoms with Gasteiger partial charge in [-0.05, 0) is 50.9 Å². The summed E-state index contributed by atoms with van der Waals surface area (Å²) in [5.41, 5.74) is 0.435. The van der Waals surface area contributed by atoms with Crippen LogP contribution in [0.15, 0.2) is 29.2 Å². The molecule has 3 atom stereocenters. The lowest BCUT2D eigenvalue weighted by molar-refractivity contribution is 0.101. The van der Waals surface area contributed by atoms with Crippen molar-refractivity contribution in [3.63, 3.8) is 0 Å². The summed E-state index contributed by atoms with van der Waals surface area (Å²) in [6.07, 6.45) is 0. The molecule has 0 aliphatic carbocycles. The summed E-state index contributed by atoms with van der Waals surface area (Å²) in [5, 5.41) is 3.32. The van der Waals surface area contributed by atoms with Gasteiger partial charge in [0.05, 0.1) is 4.90 Å². The van der Waals surface area contributed by atoms with Crippen molar-refractivity contribution in [2.45, 2.75) is 24.8 Å². The van der Waals surface area contributed by atoms with E-state index < -0.39 is 10.0 Å². The van der Waals surface area contributed by atoms with E-state index in [4.69, 9.17) is 0 Å². The number of Topliss-reactive ketones (excluding diaryl/α,β-unsaturated/α-hetero) is 1. The van der Waals surface area contributed by atoms with Gasteiger partial charge in [0.25, 0.3) is 0 Å². The average Bonchev–Trinajstić information content (AvgIpc) is 3.02. The fraction of sp³-hybridized carbons (Fsp3) is 0.533. The van der Waals surface area contributed by atoms with E-state index in [1.165, 1.54) is 13.0 Å². The third-order valence-electron chi connectivity index (χ3n) is 4.73. The Bertz CT molecular complexity index is 671. The van der Waals surface area contributed by atoms with Crippen molar-refractivity contribution in [3.8, 4) is 0 Å². The Morgan fingerprint density at radius 2 is 2.10 bits per heavy atom. The third-order valence-corrected chi connectivity index (χ3v) is 6.68. The quantitative estimate of drug-likeness (QED) is 0.850. The van der Waals surface area contributed by atoms with Crippen LogP contribution >= 0.6 is 0 Å². The highest BCUT2D eigenvalue weighted by Gasteiger charge is 2.46. The number of hydrogen-bond acceptors (Lipinski definition) is 4. The number of fused-ring (bicyclic) bond motifs is 1. The predicted octanol–water partition coefficient (Wildman–Crippen LogP) is 1.12. The molecule has 2 saturated heterocycles. The molecule has 1 N–H and O–H groups in total. The molecule has 0 aromatic heterocycles. The number of hydrogen-bond donors (Lipinski definition) is 1. The SMILES string of the molecule is CC(=O)c1cccc(S(=O)(=O)N2CC3CNCC3C2C)c1. The van der Waals surface area contributed by atoms with E-state index in [0.29, 0.717) is 23.9 Å². The summed E-state index contributed by atoms with van der Waals surface area (Å²) in [7, 11) is -3.53. The lowest BCUT2D eigenvalue weighted by Gasteiger charge is -2.24. The topological polar surface area (TPSA) is 66.5 Å². The number of sulfonamides is 1. The smallest absolute Gasteiger partial charge is 0.243 e. The van der Waals surface area contributed by atoms with Crippen LogP contribution in [0.4, 0.5) is 0 Å². The molecule has 5 nitrogen and oxygen atoms in total. The standard InChI is InChI=1S/C15H20N2O3S/c1-10-15-8-16-7-13(15)9-17(10)21(19,20)14-5-3-4-12(6-14)11(2)18/h3-6,10,13,15-16H,7-9H2,1-2H3. The first kappa shape index (κ1) is 14.7. The number of ketones is 1. The van der Waals surface area contributed by atoms with Gasteiger partial charge in [0.15, 0.2) is 5.78 Å². The summed E-state index contributed by atoms with van der Waals surface area (Å²) in [6.45, 7) is 5.75. The fourth-order valence-corrected chi connectivity index (χ4v) is 5.24. The van der Waals surface area contributed by atoms with Gasteiger partial charge >= 0.3 is 0 Å². The molecule has 21 heavy (non-hydrogen) atoms. The Morgan fingerprint density at radius 3 is 2.76 bits per heavy atom. The molecule has 2 aliphatic heterocycles. The van der Waals surface area contributed by atoms with Crippen molar-refractivity contribution in [3.05, 3.63) is 29.8 Å². The second kappa shape index (κ2) is 5.19. The predicted molar refractivity (Wildman–Crippen MR) is 79.7 cm³/mol. The second-order valence-electron chi connectivity index (χ2n) is 5.98. The Balaban J connectivity index is 1.94. The Labute approximate surface area is 125 Å². The summed E-state index contributed by atoms with van der Waals surface area (Å²) in [4.78, 5) is 11.7. The molecule has 114 valence electrons. The van der Waals surface area contributed by atoms with Crippen molar-refractivity contribution in [1.29, 1.82) is 0 Å². The van der Waals surface area contributed by atoms with E-state index in [9.17, 15) is 13.2 Å². The molecule has 0 saturated carbocycles. The lowest BCUT2D eigenvalue weighted by Crippen LogP contribution is -2.38. The minimum atomic E-state index is -3.53. The molecule has 1 aromatic rings. The fourth-order valence-electron chi connectivity index (χ4n) is 3.46. The van der Waals surface area contributed by atoms with E-state index in [1.807, 2.05) is 6.92 Å². The molecule has 2 fully saturated rings. The lowest BCUT2D eigenvalue weighted by atomic mass is 9.95. The number of rotatable bonds is 3. The Hall–Kier alpha value is -1.24. The van der Waals surface area contributed by atoms with Gasteiger partial charge in [-0.15, -0.1) is 0 Å². The highest BCUT2D eigenvalue weighted by Crippen LogP contribution is 2.36. The minimum Gasteiger partial charge on any atom is -0.316 e. The first-order chi connectivity index (χ1) is 9.91. The van der Waals surface area contributed by atoms with Crippen LogP contribution in [0.2, 0.25) is 0 Å². The van der Waals surface area contributed by atoms with Crippen molar-refractivity contribution < 1.29 is 13.2 Å². The van der Waals surface area contributed by atoms with Crippen molar-refractivity contribution in [2.24, 2.45) is 11.8 Å². The van der Waals surface area contributed by atoms with Crippen molar-refractivity contribution >= 4 is 15.8 Å². The van der Waals surface area contributed by atoms with Crippen LogP contribution in [-0.4, -0.2) is 44.2 Å². The van der Waals surface area contributed by atoms with Crippen LogP contribution in [0.1, 0.15) is 24.2 Å². The van der Waals surface area contributed by atoms with Gasteiger partial charge in [-0.25, -0.2) is 8.42 Å². The molecule has 1 aromatic carbocycles. The highest BCUT2D eigenvalue weighted by molar-refractivity contribution is 7.89. The molecule has 2 heterocycles. The van der Waals surface area contributed by atoms with E-state index in [-0.39, 0.29) is 16.7 Å². The van der Waals surface area contributed by atoms with Gasteiger partial charge in [0, 0.05) is 18.2 Å². The zero-order valence-electron chi connectivity index (χ0n) is 12.2. The van der Waals surface area contributed by atoms with Crippen LogP contribution < -0.4 is 5.32 Å². The Kier molecular flexibility index (Phi) is 3.63. The van der Waals surface area contributed by atoms with E-state index >= 15 is 0 Å². The zero-order valence-corrected chi connectivity index (χ0v) is 13.1. The van der Waals surface area contributed by atoms with E-state index in [1.54, 1.807) is 22.5 Å². The van der Waals surface area contributed by atoms with Gasteiger partial charge < -0.3 is 5.32 Å². The third kappa shape index (κ3) is 2.41. The molecule has 0 spiro atoms. The molecule has 0 radical (unpaired) electrons. The summed E-state index contributed by atoms with van der Waals surface area (Å²) in [6, 6.07) is 6.33. The minimum absolute atomic E-state index is 0.00372. The largest absolute Gasteiger partial charge is 0.316 e. The highest BCUT2D eigenvalue weighted by atomic mass is 32.2. The summed E-state index contributed by atoms with van der Waals surface area (Å²) >= 11 is 0. The van der Waals surface area contributed by atoms with Crippen LogP contribution in [0.5, 0.6) is 0 Å². The maximum Gasteiger partial charge on any atom is 0.243 e. The van der Waals surface area contributed by atoms with Crippen LogP contribution in [0.25, 0.3) is 0 Å². The number of carbonyl (C=O) groups excluding carboxylic acids is 1. The maximum atomic E-state index is 12.8. The number of nitrogens with one attached hydrogen (secondary N) is 1. The molecular weight excluding hydrogens is 288 g/mol. The summed E-state index contributed by atoms with van der Waals surface area (Å²) in [5.74, 6) is 0.657. The molecular formula is C15H20N2O3S. The van der Waals surface area contributed by atoms with Crippen LogP contribution in [0, 0.1) is 11.8 Å². The molecule has 0 bridgehead atoms. The van der Waals surface area contributed by atoms with Gasteiger partial charge in [-0.3, -0.25) is 4.79 Å². The van der Waals surface area contributed by atoms with Gasteiger partial charge in [-0.1, -0.05) is 12.1 Å². The van der Waals surface area contributed by atoms with Gasteiger partial charge in [0.2, 0.25) is 10.0 Å².